The van der Waals surface area contributed by atoms with E-state index >= 15 is 0 Å². The second-order valence-electron chi connectivity index (χ2n) is 6.82. The number of ether oxygens (including phenoxy) is 1. The molecule has 25 heavy (non-hydrogen) atoms. The molecule has 7 nitrogen and oxygen atoms in total. The number of nitrogens with zero attached hydrogens (tertiary/aromatic N) is 2. The maximum atomic E-state index is 12.5. The van der Waals surface area contributed by atoms with Crippen LogP contribution in [0.4, 0.5) is 0 Å². The molecule has 1 saturated heterocycles. The summed E-state index contributed by atoms with van der Waals surface area (Å²) in [6.45, 7) is 6.25. The Balaban J connectivity index is 2.61. The maximum Gasteiger partial charge on any atom is 0.313 e. The molecule has 1 atom stereocenters. The molecule has 2 amide bonds. The fourth-order valence-corrected chi connectivity index (χ4v) is 3.41. The molecular formula is C18H32N2O5. The molecular weight excluding hydrogens is 324 g/mol. The number of likely N-dealkylation sites (tertiary alicyclic amines) is 1. The van der Waals surface area contributed by atoms with Crippen LogP contribution in [0.25, 0.3) is 0 Å². The number of piperidine rings is 1. The van der Waals surface area contributed by atoms with Gasteiger partial charge in [-0.05, 0) is 25.7 Å². The second kappa shape index (κ2) is 10.4. The van der Waals surface area contributed by atoms with Gasteiger partial charge < -0.3 is 19.6 Å². The van der Waals surface area contributed by atoms with E-state index < -0.39 is 11.4 Å². The molecule has 0 aromatic carbocycles. The summed E-state index contributed by atoms with van der Waals surface area (Å²) >= 11 is 0. The second-order valence-corrected chi connectivity index (χ2v) is 6.82. The normalized spacial score (nSPS) is 20.4. The highest BCUT2D eigenvalue weighted by Crippen LogP contribution is 2.31. The Hall–Kier alpha value is -1.63. The minimum atomic E-state index is -1.04. The van der Waals surface area contributed by atoms with E-state index in [4.69, 9.17) is 4.74 Å². The molecule has 1 aliphatic rings. The van der Waals surface area contributed by atoms with Gasteiger partial charge in [0.05, 0.1) is 6.61 Å². The van der Waals surface area contributed by atoms with Crippen molar-refractivity contribution in [2.45, 2.75) is 52.4 Å². The van der Waals surface area contributed by atoms with Crippen molar-refractivity contribution in [1.82, 2.24) is 9.80 Å². The number of methoxy groups -OCH3 is 1. The number of carbonyl (C=O) groups is 3. The lowest BCUT2D eigenvalue weighted by Crippen LogP contribution is -2.52. The zero-order valence-electron chi connectivity index (χ0n) is 15.8. The summed E-state index contributed by atoms with van der Waals surface area (Å²) in [7, 11) is 1.47. The molecule has 0 spiro atoms. The molecule has 144 valence electrons. The van der Waals surface area contributed by atoms with Crippen LogP contribution >= 0.6 is 0 Å². The average molecular weight is 356 g/mol. The van der Waals surface area contributed by atoms with E-state index in [0.717, 1.165) is 12.8 Å². The quantitative estimate of drug-likeness (QED) is 0.644. The molecule has 0 bridgehead atoms. The fraction of sp³-hybridized carbons (Fsp3) is 0.833. The van der Waals surface area contributed by atoms with Crippen molar-refractivity contribution in [2.24, 2.45) is 5.41 Å². The number of aliphatic carboxylic acids is 1. The molecule has 0 radical (unpaired) electrons. The molecule has 1 heterocycles. The third-order valence-corrected chi connectivity index (χ3v) is 4.70. The topological polar surface area (TPSA) is 87.2 Å². The van der Waals surface area contributed by atoms with Crippen LogP contribution in [0.5, 0.6) is 0 Å². The van der Waals surface area contributed by atoms with E-state index in [2.05, 4.69) is 0 Å². The van der Waals surface area contributed by atoms with E-state index in [1.807, 2.05) is 13.8 Å². The Morgan fingerprint density at radius 1 is 1.16 bits per heavy atom. The molecule has 7 heteroatoms. The molecule has 0 aliphatic carbocycles. The van der Waals surface area contributed by atoms with E-state index in [9.17, 15) is 19.5 Å². The Labute approximate surface area is 150 Å². The minimum absolute atomic E-state index is 0.00421. The first-order valence-corrected chi connectivity index (χ1v) is 9.18. The van der Waals surface area contributed by atoms with Gasteiger partial charge in [0.25, 0.3) is 0 Å². The molecule has 1 unspecified atom stereocenters. The summed E-state index contributed by atoms with van der Waals surface area (Å²) in [6.07, 6.45) is 3.23. The zero-order valence-corrected chi connectivity index (χ0v) is 15.8. The number of hydrogen-bond donors (Lipinski definition) is 1. The van der Waals surface area contributed by atoms with Crippen molar-refractivity contribution >= 4 is 17.8 Å². The number of carbonyl (C=O) groups excluding carboxylic acids is 2. The maximum absolute atomic E-state index is 12.5. The Morgan fingerprint density at radius 2 is 1.80 bits per heavy atom. The highest BCUT2D eigenvalue weighted by Gasteiger charge is 2.43. The first-order valence-electron chi connectivity index (χ1n) is 9.18. The highest BCUT2D eigenvalue weighted by molar-refractivity contribution is 5.84. The number of amides is 2. The summed E-state index contributed by atoms with van der Waals surface area (Å²) in [4.78, 5) is 39.8. The van der Waals surface area contributed by atoms with Crippen LogP contribution in [0.15, 0.2) is 0 Å². The predicted octanol–water partition coefficient (Wildman–Crippen LogP) is 1.76. The smallest absolute Gasteiger partial charge is 0.313 e. The predicted molar refractivity (Wildman–Crippen MR) is 94.2 cm³/mol. The number of rotatable bonds is 10. The Bertz CT molecular complexity index is 458. The van der Waals surface area contributed by atoms with Gasteiger partial charge >= 0.3 is 5.97 Å². The van der Waals surface area contributed by atoms with E-state index in [0.29, 0.717) is 32.5 Å². The lowest BCUT2D eigenvalue weighted by atomic mass is 9.80. The van der Waals surface area contributed by atoms with Crippen LogP contribution in [0.2, 0.25) is 0 Å². The van der Waals surface area contributed by atoms with Gasteiger partial charge in [-0.2, -0.15) is 0 Å². The van der Waals surface area contributed by atoms with Gasteiger partial charge in [-0.3, -0.25) is 14.4 Å². The summed E-state index contributed by atoms with van der Waals surface area (Å²) in [5.41, 5.74) is -1.04. The average Bonchev–Trinajstić information content (AvgIpc) is 2.59. The third-order valence-electron chi connectivity index (χ3n) is 4.70. The molecule has 0 aromatic heterocycles. The molecule has 1 N–H and O–H groups in total. The molecule has 0 aromatic rings. The SMILES string of the molecule is CCCN(CCC)C(=O)CCC(=O)N1CCCC(COC)(C(=O)O)C1. The molecule has 1 rings (SSSR count). The number of carboxylic acids is 1. The van der Waals surface area contributed by atoms with Crippen LogP contribution in [0.1, 0.15) is 52.4 Å². The summed E-state index contributed by atoms with van der Waals surface area (Å²) < 4.78 is 5.08. The first kappa shape index (κ1) is 21.4. The first-order chi connectivity index (χ1) is 11.9. The van der Waals surface area contributed by atoms with Crippen molar-refractivity contribution in [3.05, 3.63) is 0 Å². The van der Waals surface area contributed by atoms with Crippen LogP contribution in [0, 0.1) is 5.41 Å². The van der Waals surface area contributed by atoms with Crippen molar-refractivity contribution in [3.63, 3.8) is 0 Å². The number of hydrogen-bond acceptors (Lipinski definition) is 4. The fourth-order valence-electron chi connectivity index (χ4n) is 3.41. The summed E-state index contributed by atoms with van der Waals surface area (Å²) in [5, 5.41) is 9.55. The van der Waals surface area contributed by atoms with Crippen LogP contribution in [-0.4, -0.2) is 72.6 Å². The van der Waals surface area contributed by atoms with Crippen LogP contribution in [0.3, 0.4) is 0 Å². The monoisotopic (exact) mass is 356 g/mol. The lowest BCUT2D eigenvalue weighted by Gasteiger charge is -2.39. The lowest BCUT2D eigenvalue weighted by molar-refractivity contribution is -0.159. The van der Waals surface area contributed by atoms with Crippen LogP contribution < -0.4 is 0 Å². The van der Waals surface area contributed by atoms with Crippen molar-refractivity contribution in [1.29, 1.82) is 0 Å². The molecule has 0 saturated carbocycles. The van der Waals surface area contributed by atoms with Crippen molar-refractivity contribution < 1.29 is 24.2 Å². The standard InChI is InChI=1S/C18H32N2O5/c1-4-10-19(11-5-2)15(21)7-8-16(22)20-12-6-9-18(13-20,14-25-3)17(23)24/h4-14H2,1-3H3,(H,23,24). The van der Waals surface area contributed by atoms with E-state index in [-0.39, 0.29) is 37.8 Å². The Kier molecular flexibility index (Phi) is 8.89. The Morgan fingerprint density at radius 3 is 2.32 bits per heavy atom. The van der Waals surface area contributed by atoms with Gasteiger partial charge in [0.2, 0.25) is 11.8 Å². The summed E-state index contributed by atoms with van der Waals surface area (Å²) in [6, 6.07) is 0. The largest absolute Gasteiger partial charge is 0.481 e. The van der Waals surface area contributed by atoms with Gasteiger partial charge in [0, 0.05) is 46.1 Å². The molecule has 1 aliphatic heterocycles. The van der Waals surface area contributed by atoms with Gasteiger partial charge in [-0.15, -0.1) is 0 Å². The highest BCUT2D eigenvalue weighted by atomic mass is 16.5. The van der Waals surface area contributed by atoms with E-state index in [1.54, 1.807) is 9.80 Å². The number of carboxylic acid groups (broad SMARTS) is 1. The van der Waals surface area contributed by atoms with Crippen molar-refractivity contribution in [2.75, 3.05) is 39.9 Å². The minimum Gasteiger partial charge on any atom is -0.481 e. The van der Waals surface area contributed by atoms with Crippen molar-refractivity contribution in [3.8, 4) is 0 Å². The van der Waals surface area contributed by atoms with Gasteiger partial charge in [-0.25, -0.2) is 0 Å². The summed E-state index contributed by atoms with van der Waals surface area (Å²) in [5.74, 6) is -1.09. The van der Waals surface area contributed by atoms with Gasteiger partial charge in [-0.1, -0.05) is 13.8 Å². The van der Waals surface area contributed by atoms with Gasteiger partial charge in [0.15, 0.2) is 0 Å². The van der Waals surface area contributed by atoms with Gasteiger partial charge in [0.1, 0.15) is 5.41 Å². The molecule has 1 fully saturated rings. The van der Waals surface area contributed by atoms with E-state index in [1.165, 1.54) is 7.11 Å². The van der Waals surface area contributed by atoms with Crippen LogP contribution in [-0.2, 0) is 19.1 Å². The third kappa shape index (κ3) is 5.99. The zero-order chi connectivity index (χ0) is 18.9.